The maximum absolute atomic E-state index is 6.91. The van der Waals surface area contributed by atoms with E-state index in [0.717, 1.165) is 19.3 Å². The molecule has 0 rings (SSSR count). The van der Waals surface area contributed by atoms with Crippen molar-refractivity contribution in [3.05, 3.63) is 0 Å². The molecule has 0 aliphatic carbocycles. The fourth-order valence-corrected chi connectivity index (χ4v) is 14.8. The molecule has 0 aromatic heterocycles. The van der Waals surface area contributed by atoms with Gasteiger partial charge in [-0.15, -0.1) is 0 Å². The second-order valence-corrected chi connectivity index (χ2v) is 14.5. The summed E-state index contributed by atoms with van der Waals surface area (Å²) < 4.78 is 25.6. The average molecular weight is 398 g/mol. The van der Waals surface area contributed by atoms with E-state index in [1.807, 2.05) is 0 Å². The summed E-state index contributed by atoms with van der Waals surface area (Å²) >= 11 is -3.65. The van der Waals surface area contributed by atoms with Crippen molar-refractivity contribution in [3.8, 4) is 0 Å². The van der Waals surface area contributed by atoms with E-state index in [1.54, 1.807) is 0 Å². The van der Waals surface area contributed by atoms with Gasteiger partial charge in [-0.1, -0.05) is 0 Å². The quantitative estimate of drug-likeness (QED) is 0.271. The molecule has 0 N–H and O–H groups in total. The third kappa shape index (κ3) is 9.46. The average Bonchev–Trinajstić information content (AvgIpc) is 2.57. The standard InChI is InChI=1S/C9H21OSi.3C3H7O.Ti/c1-4-7-11(10,8-5-2)9-6-3;3*1-2-3-4;/h4-9H2,1-3H3;3*2-3H2,1H3;/q4*-1;+4. The van der Waals surface area contributed by atoms with Crippen molar-refractivity contribution >= 4 is 8.32 Å². The van der Waals surface area contributed by atoms with Crippen LogP contribution in [-0.4, -0.2) is 28.1 Å². The molecule has 0 aromatic carbocycles. The fraction of sp³-hybridized carbons (Fsp3) is 1.00. The van der Waals surface area contributed by atoms with Gasteiger partial charge in [-0.05, 0) is 0 Å². The van der Waals surface area contributed by atoms with Crippen LogP contribution in [0.25, 0.3) is 0 Å². The predicted molar refractivity (Wildman–Crippen MR) is 101 cm³/mol. The number of hydrogen-bond donors (Lipinski definition) is 0. The van der Waals surface area contributed by atoms with Gasteiger partial charge in [0, 0.05) is 0 Å². The summed E-state index contributed by atoms with van der Waals surface area (Å²) in [4.78, 5) is 0. The molecule has 0 amide bonds. The molecule has 0 atom stereocenters. The number of rotatable bonds is 17. The van der Waals surface area contributed by atoms with Gasteiger partial charge >= 0.3 is 157 Å². The summed E-state index contributed by atoms with van der Waals surface area (Å²) in [5.41, 5.74) is 0. The van der Waals surface area contributed by atoms with Crippen LogP contribution in [0.3, 0.4) is 0 Å². The molecule has 0 aromatic rings. The third-order valence-corrected chi connectivity index (χ3v) is 14.6. The van der Waals surface area contributed by atoms with Gasteiger partial charge in [-0.2, -0.15) is 0 Å². The van der Waals surface area contributed by atoms with Gasteiger partial charge in [0.15, 0.2) is 0 Å². The van der Waals surface area contributed by atoms with E-state index in [0.29, 0.717) is 19.8 Å². The first-order chi connectivity index (χ1) is 11.6. The maximum atomic E-state index is 6.91. The van der Waals surface area contributed by atoms with Crippen LogP contribution in [0.15, 0.2) is 0 Å². The first-order valence-corrected chi connectivity index (χ1v) is 15.3. The molecule has 0 fully saturated rings. The molecular weight excluding hydrogens is 356 g/mol. The van der Waals surface area contributed by atoms with Crippen molar-refractivity contribution < 1.29 is 31.1 Å². The molecule has 24 heavy (non-hydrogen) atoms. The second-order valence-electron chi connectivity index (χ2n) is 6.58. The zero-order chi connectivity index (χ0) is 18.3. The van der Waals surface area contributed by atoms with Crippen LogP contribution in [0.4, 0.5) is 0 Å². The molecule has 0 bridgehead atoms. The zero-order valence-corrected chi connectivity index (χ0v) is 19.7. The molecule has 0 spiro atoms. The van der Waals surface area contributed by atoms with Gasteiger partial charge in [0.25, 0.3) is 0 Å². The molecule has 146 valence electrons. The van der Waals surface area contributed by atoms with Crippen LogP contribution in [0.2, 0.25) is 18.1 Å². The summed E-state index contributed by atoms with van der Waals surface area (Å²) in [5.74, 6) is 0. The normalized spacial score (nSPS) is 12.8. The Balaban J connectivity index is 5.47. The summed E-state index contributed by atoms with van der Waals surface area (Å²) in [7, 11) is -1.87. The molecule has 0 heterocycles. The van der Waals surface area contributed by atoms with Crippen LogP contribution in [0, 0.1) is 0 Å². The Morgan fingerprint density at radius 1 is 0.542 bits per heavy atom. The molecule has 0 saturated carbocycles. The Morgan fingerprint density at radius 3 is 1.12 bits per heavy atom. The van der Waals surface area contributed by atoms with Gasteiger partial charge in [-0.3, -0.25) is 0 Å². The second kappa shape index (κ2) is 14.9. The van der Waals surface area contributed by atoms with E-state index in [1.165, 1.54) is 37.4 Å². The van der Waals surface area contributed by atoms with E-state index in [2.05, 4.69) is 41.5 Å². The first-order valence-electron chi connectivity index (χ1n) is 10.2. The Morgan fingerprint density at radius 2 is 0.875 bits per heavy atom. The van der Waals surface area contributed by atoms with Gasteiger partial charge in [-0.25, -0.2) is 0 Å². The van der Waals surface area contributed by atoms with Crippen LogP contribution >= 0.6 is 0 Å². The molecule has 0 saturated heterocycles. The van der Waals surface area contributed by atoms with Gasteiger partial charge in [0.05, 0.1) is 0 Å². The molecular formula is C18H42O4SiTi. The summed E-state index contributed by atoms with van der Waals surface area (Å²) in [5, 5.41) is 0. The molecule has 6 heteroatoms. The van der Waals surface area contributed by atoms with E-state index >= 15 is 0 Å². The Bertz CT molecular complexity index is 253. The SMILES string of the molecule is CCC[O][Ti]([O]CCC)([O]CCC)[O][Si](CCC)(CCC)CCC. The van der Waals surface area contributed by atoms with E-state index in [-0.39, 0.29) is 0 Å². The van der Waals surface area contributed by atoms with Crippen molar-refractivity contribution in [1.82, 2.24) is 0 Å². The first kappa shape index (κ1) is 24.8. The van der Waals surface area contributed by atoms with Crippen LogP contribution in [-0.2, 0) is 31.1 Å². The Kier molecular flexibility index (Phi) is 15.4. The molecule has 0 aliphatic rings. The number of hydrogen-bond acceptors (Lipinski definition) is 4. The van der Waals surface area contributed by atoms with Crippen LogP contribution in [0.1, 0.15) is 80.1 Å². The summed E-state index contributed by atoms with van der Waals surface area (Å²) in [6, 6.07) is 3.55. The Labute approximate surface area is 157 Å². The van der Waals surface area contributed by atoms with Crippen molar-refractivity contribution in [1.29, 1.82) is 0 Å². The molecule has 0 radical (unpaired) electrons. The summed E-state index contributed by atoms with van der Waals surface area (Å²) in [6.45, 7) is 15.2. The van der Waals surface area contributed by atoms with Crippen LogP contribution in [0.5, 0.6) is 0 Å². The topological polar surface area (TPSA) is 36.9 Å². The molecule has 4 nitrogen and oxygen atoms in total. The summed E-state index contributed by atoms with van der Waals surface area (Å²) in [6.07, 6.45) is 6.39. The van der Waals surface area contributed by atoms with Gasteiger partial charge < -0.3 is 0 Å². The van der Waals surface area contributed by atoms with Gasteiger partial charge in [0.1, 0.15) is 0 Å². The molecule has 0 unspecified atom stereocenters. The zero-order valence-electron chi connectivity index (χ0n) is 17.1. The third-order valence-electron chi connectivity index (χ3n) is 3.91. The van der Waals surface area contributed by atoms with Crippen molar-refractivity contribution in [2.24, 2.45) is 0 Å². The van der Waals surface area contributed by atoms with E-state index in [4.69, 9.17) is 13.0 Å². The predicted octanol–water partition coefficient (Wildman–Crippen LogP) is 6.27. The van der Waals surface area contributed by atoms with Crippen molar-refractivity contribution in [2.45, 2.75) is 98.2 Å². The minimum atomic E-state index is -3.65. The van der Waals surface area contributed by atoms with E-state index in [9.17, 15) is 0 Å². The monoisotopic (exact) mass is 398 g/mol. The molecule has 0 aliphatic heterocycles. The van der Waals surface area contributed by atoms with Crippen molar-refractivity contribution in [3.63, 3.8) is 0 Å². The van der Waals surface area contributed by atoms with Gasteiger partial charge in [0.2, 0.25) is 0 Å². The van der Waals surface area contributed by atoms with Crippen molar-refractivity contribution in [2.75, 3.05) is 19.8 Å². The minimum absolute atomic E-state index is 0.669. The fourth-order valence-electron chi connectivity index (χ4n) is 3.05. The van der Waals surface area contributed by atoms with E-state index < -0.39 is 26.5 Å². The Hall–Kier alpha value is 0.771. The van der Waals surface area contributed by atoms with Crippen LogP contribution < -0.4 is 0 Å².